The van der Waals surface area contributed by atoms with Crippen molar-refractivity contribution < 1.29 is 14.6 Å². The maximum atomic E-state index is 10.7. The van der Waals surface area contributed by atoms with Crippen LogP contribution in [0.3, 0.4) is 0 Å². The van der Waals surface area contributed by atoms with Gasteiger partial charge in [0.1, 0.15) is 5.75 Å². The van der Waals surface area contributed by atoms with Crippen LogP contribution in [0.4, 0.5) is 5.69 Å². The molecule has 0 aromatic heterocycles. The number of piperidine rings is 1. The van der Waals surface area contributed by atoms with E-state index in [2.05, 4.69) is 0 Å². The zero-order valence-corrected chi connectivity index (χ0v) is 11.8. The molecule has 1 aliphatic rings. The molecule has 1 aromatic rings. The van der Waals surface area contributed by atoms with Gasteiger partial charge in [0.15, 0.2) is 0 Å². The van der Waals surface area contributed by atoms with Gasteiger partial charge in [-0.15, -0.1) is 0 Å². The number of benzene rings is 1. The Kier molecular flexibility index (Phi) is 5.80. The van der Waals surface area contributed by atoms with Crippen molar-refractivity contribution in [3.8, 4) is 5.75 Å². The molecule has 0 atom stereocenters. The van der Waals surface area contributed by atoms with Gasteiger partial charge in [-0.25, -0.2) is 0 Å². The first-order valence-corrected chi connectivity index (χ1v) is 7.46. The molecule has 1 N–H and O–H groups in total. The van der Waals surface area contributed by atoms with E-state index in [4.69, 9.17) is 4.74 Å². The second-order valence-electron chi connectivity index (χ2n) is 5.37. The number of likely N-dealkylation sites (tertiary alicyclic amines) is 1. The highest BCUT2D eigenvalue weighted by Crippen LogP contribution is 2.19. The monoisotopic (exact) mass is 279 g/mol. The van der Waals surface area contributed by atoms with Crippen LogP contribution in [0.2, 0.25) is 0 Å². The largest absolute Gasteiger partial charge is 0.493 e. The lowest BCUT2D eigenvalue weighted by molar-refractivity contribution is -0.905. The lowest BCUT2D eigenvalue weighted by Crippen LogP contribution is -3.12. The van der Waals surface area contributed by atoms with Gasteiger partial charge < -0.3 is 9.64 Å². The number of hydrogen-bond donors (Lipinski definition) is 1. The second kappa shape index (κ2) is 7.85. The minimum absolute atomic E-state index is 0.0836. The van der Waals surface area contributed by atoms with Gasteiger partial charge in [0, 0.05) is 6.07 Å². The molecular formula is C15H23N2O3+. The summed E-state index contributed by atoms with van der Waals surface area (Å²) in [6.45, 7) is 4.48. The molecule has 2 rings (SSSR count). The summed E-state index contributed by atoms with van der Waals surface area (Å²) in [6, 6.07) is 6.39. The highest BCUT2D eigenvalue weighted by molar-refractivity contribution is 5.37. The predicted molar refractivity (Wildman–Crippen MR) is 77.2 cm³/mol. The van der Waals surface area contributed by atoms with Crippen LogP contribution in [-0.2, 0) is 0 Å². The van der Waals surface area contributed by atoms with Crippen LogP contribution in [0.25, 0.3) is 0 Å². The molecule has 1 aromatic carbocycles. The van der Waals surface area contributed by atoms with Crippen molar-refractivity contribution in [2.75, 3.05) is 26.2 Å². The molecule has 0 radical (unpaired) electrons. The van der Waals surface area contributed by atoms with E-state index in [1.54, 1.807) is 17.0 Å². The number of nitro benzene ring substituents is 1. The molecule has 1 heterocycles. The van der Waals surface area contributed by atoms with E-state index >= 15 is 0 Å². The summed E-state index contributed by atoms with van der Waals surface area (Å²) < 4.78 is 5.57. The molecule has 5 heteroatoms. The zero-order valence-electron chi connectivity index (χ0n) is 11.8. The topological polar surface area (TPSA) is 56.8 Å². The van der Waals surface area contributed by atoms with Gasteiger partial charge in [0.25, 0.3) is 5.69 Å². The van der Waals surface area contributed by atoms with Gasteiger partial charge in [0.05, 0.1) is 37.2 Å². The molecule has 1 saturated heterocycles. The molecule has 1 fully saturated rings. The summed E-state index contributed by atoms with van der Waals surface area (Å²) >= 11 is 0. The number of nitro groups is 1. The fraction of sp³-hybridized carbons (Fsp3) is 0.600. The number of non-ortho nitro benzene ring substituents is 1. The van der Waals surface area contributed by atoms with Crippen molar-refractivity contribution in [2.45, 2.75) is 32.1 Å². The first-order chi connectivity index (χ1) is 9.75. The maximum Gasteiger partial charge on any atom is 0.273 e. The second-order valence-corrected chi connectivity index (χ2v) is 5.37. The fourth-order valence-corrected chi connectivity index (χ4v) is 2.66. The maximum absolute atomic E-state index is 10.7. The van der Waals surface area contributed by atoms with Crippen LogP contribution in [0, 0.1) is 10.1 Å². The first-order valence-electron chi connectivity index (χ1n) is 7.46. The number of nitrogens with zero attached hydrogens (tertiary/aromatic N) is 1. The van der Waals surface area contributed by atoms with Gasteiger partial charge in [-0.05, 0) is 38.2 Å². The molecule has 0 aliphatic carbocycles. The van der Waals surface area contributed by atoms with Crippen LogP contribution in [0.1, 0.15) is 32.1 Å². The predicted octanol–water partition coefficient (Wildman–Crippen LogP) is 1.82. The number of nitrogens with one attached hydrogen (secondary N) is 1. The number of rotatable bonds is 7. The Morgan fingerprint density at radius 3 is 2.75 bits per heavy atom. The average Bonchev–Trinajstić information content (AvgIpc) is 2.48. The van der Waals surface area contributed by atoms with Crippen molar-refractivity contribution in [3.05, 3.63) is 34.4 Å². The van der Waals surface area contributed by atoms with Gasteiger partial charge in [-0.2, -0.15) is 0 Å². The van der Waals surface area contributed by atoms with Crippen LogP contribution in [0.15, 0.2) is 24.3 Å². The average molecular weight is 279 g/mol. The zero-order chi connectivity index (χ0) is 14.2. The third-order valence-corrected chi connectivity index (χ3v) is 3.78. The number of unbranched alkanes of at least 4 members (excludes halogenated alkanes) is 1. The SMILES string of the molecule is O=[N+]([O-])c1cccc(OCCCC[NH+]2CCCCC2)c1. The van der Waals surface area contributed by atoms with E-state index in [0.717, 1.165) is 12.8 Å². The molecule has 0 unspecified atom stereocenters. The summed E-state index contributed by atoms with van der Waals surface area (Å²) in [5.41, 5.74) is 0.0836. The molecule has 20 heavy (non-hydrogen) atoms. The number of ether oxygens (including phenoxy) is 1. The van der Waals surface area contributed by atoms with E-state index in [1.165, 1.54) is 51.0 Å². The van der Waals surface area contributed by atoms with Gasteiger partial charge in [-0.1, -0.05) is 6.07 Å². The lowest BCUT2D eigenvalue weighted by atomic mass is 10.1. The Balaban J connectivity index is 1.63. The minimum Gasteiger partial charge on any atom is -0.493 e. The summed E-state index contributed by atoms with van der Waals surface area (Å²) in [5.74, 6) is 0.588. The van der Waals surface area contributed by atoms with Crippen molar-refractivity contribution >= 4 is 5.69 Å². The number of hydrogen-bond acceptors (Lipinski definition) is 3. The standard InChI is InChI=1S/C15H22N2O3/c18-17(19)14-7-6-8-15(13-14)20-12-5-4-11-16-9-2-1-3-10-16/h6-8,13H,1-5,9-12H2/p+1. The third kappa shape index (κ3) is 4.81. The van der Waals surface area contributed by atoms with Crippen LogP contribution in [0.5, 0.6) is 5.75 Å². The van der Waals surface area contributed by atoms with E-state index in [0.29, 0.717) is 12.4 Å². The Morgan fingerprint density at radius 1 is 1.20 bits per heavy atom. The Labute approximate surface area is 119 Å². The number of quaternary nitrogens is 1. The van der Waals surface area contributed by atoms with Crippen molar-refractivity contribution in [1.29, 1.82) is 0 Å². The van der Waals surface area contributed by atoms with Crippen molar-refractivity contribution in [1.82, 2.24) is 0 Å². The minimum atomic E-state index is -0.396. The summed E-state index contributed by atoms with van der Waals surface area (Å²) in [6.07, 6.45) is 6.27. The quantitative estimate of drug-likeness (QED) is 0.470. The van der Waals surface area contributed by atoms with Gasteiger partial charge in [0.2, 0.25) is 0 Å². The molecule has 5 nitrogen and oxygen atoms in total. The molecular weight excluding hydrogens is 256 g/mol. The molecule has 0 amide bonds. The molecule has 1 aliphatic heterocycles. The van der Waals surface area contributed by atoms with Gasteiger partial charge >= 0.3 is 0 Å². The first kappa shape index (κ1) is 14.8. The lowest BCUT2D eigenvalue weighted by Gasteiger charge is -2.23. The highest BCUT2D eigenvalue weighted by Gasteiger charge is 2.12. The third-order valence-electron chi connectivity index (χ3n) is 3.78. The summed E-state index contributed by atoms with van der Waals surface area (Å²) in [5, 5.41) is 10.7. The smallest absolute Gasteiger partial charge is 0.273 e. The van der Waals surface area contributed by atoms with Crippen LogP contribution in [-0.4, -0.2) is 31.2 Å². The highest BCUT2D eigenvalue weighted by atomic mass is 16.6. The van der Waals surface area contributed by atoms with E-state index in [9.17, 15) is 10.1 Å². The van der Waals surface area contributed by atoms with Gasteiger partial charge in [-0.3, -0.25) is 10.1 Å². The molecule has 0 spiro atoms. The van der Waals surface area contributed by atoms with Crippen molar-refractivity contribution in [2.24, 2.45) is 0 Å². The fourth-order valence-electron chi connectivity index (χ4n) is 2.66. The molecule has 0 bridgehead atoms. The van der Waals surface area contributed by atoms with Crippen LogP contribution >= 0.6 is 0 Å². The Morgan fingerprint density at radius 2 is 2.00 bits per heavy atom. The van der Waals surface area contributed by atoms with Crippen molar-refractivity contribution in [3.63, 3.8) is 0 Å². The van der Waals surface area contributed by atoms with E-state index in [-0.39, 0.29) is 5.69 Å². The van der Waals surface area contributed by atoms with E-state index in [1.807, 2.05) is 0 Å². The Hall–Kier alpha value is -1.62. The summed E-state index contributed by atoms with van der Waals surface area (Å²) in [4.78, 5) is 12.0. The molecule has 110 valence electrons. The Bertz CT molecular complexity index is 431. The normalized spacial score (nSPS) is 16.0. The summed E-state index contributed by atoms with van der Waals surface area (Å²) in [7, 11) is 0. The van der Waals surface area contributed by atoms with E-state index < -0.39 is 4.92 Å². The van der Waals surface area contributed by atoms with Crippen LogP contribution < -0.4 is 9.64 Å². The molecule has 0 saturated carbocycles.